The van der Waals surface area contributed by atoms with Crippen molar-refractivity contribution < 1.29 is 46.5 Å². The Labute approximate surface area is 189 Å². The van der Waals surface area contributed by atoms with Crippen molar-refractivity contribution in [3.63, 3.8) is 0 Å². The summed E-state index contributed by atoms with van der Waals surface area (Å²) >= 11 is 2.65. The smallest absolute Gasteiger partial charge is 0.466 e. The van der Waals surface area contributed by atoms with E-state index in [-0.39, 0.29) is 47.2 Å². The molecule has 0 saturated heterocycles. The number of aromatic nitrogens is 2. The molecule has 0 radical (unpaired) electrons. The summed E-state index contributed by atoms with van der Waals surface area (Å²) in [5, 5.41) is 19.2. The molecule has 0 aliphatic rings. The fourth-order valence-electron chi connectivity index (χ4n) is 1.53. The van der Waals surface area contributed by atoms with E-state index in [0.29, 0.717) is 34.9 Å². The summed E-state index contributed by atoms with van der Waals surface area (Å²) in [4.78, 5) is 38.0. The summed E-state index contributed by atoms with van der Waals surface area (Å²) in [6.07, 6.45) is 0.420. The second-order valence-corrected chi connectivity index (χ2v) is 6.32. The first-order valence-corrected chi connectivity index (χ1v) is 9.46. The summed E-state index contributed by atoms with van der Waals surface area (Å²) in [7, 11) is 0. The van der Waals surface area contributed by atoms with Gasteiger partial charge in [0.2, 0.25) is 0 Å². The van der Waals surface area contributed by atoms with Crippen molar-refractivity contribution in [2.24, 2.45) is 0 Å². The molecule has 0 bridgehead atoms. The van der Waals surface area contributed by atoms with Crippen molar-refractivity contribution >= 4 is 44.9 Å². The molecule has 2 rings (SSSR count). The summed E-state index contributed by atoms with van der Waals surface area (Å²) < 4.78 is 9.48. The van der Waals surface area contributed by atoms with Crippen LogP contribution in [0.15, 0.2) is 10.8 Å². The van der Waals surface area contributed by atoms with Gasteiger partial charge in [0.05, 0.1) is 42.5 Å². The third-order valence-corrected chi connectivity index (χ3v) is 3.85. The summed E-state index contributed by atoms with van der Waals surface area (Å²) in [6, 6.07) is 0. The zero-order valence-electron chi connectivity index (χ0n) is 15.5. The Morgan fingerprint density at radius 3 is 1.48 bits per heavy atom. The van der Waals surface area contributed by atoms with Gasteiger partial charge in [0.1, 0.15) is 0 Å². The van der Waals surface area contributed by atoms with Gasteiger partial charge in [-0.3, -0.25) is 9.59 Å². The van der Waals surface area contributed by atoms with Gasteiger partial charge in [-0.1, -0.05) is 0 Å². The maximum atomic E-state index is 10.9. The van der Waals surface area contributed by atoms with Crippen LogP contribution in [0, 0.1) is 15.3 Å². The number of hydrogen-bond donors (Lipinski definition) is 2. The molecule has 0 aliphatic heterocycles. The average molecular weight is 542 g/mol. The van der Waals surface area contributed by atoms with E-state index in [1.807, 2.05) is 0 Å². The standard InChI is InChI=1S/2C7H10N2O2S.Ag.NO3/c2*1-2-11-6(10)3-5-4-12-7(8)9-5;;2-1(3)4/h2*4H,2-3H2,1H3,(H2,8,9);;/q;;+1;-1. The molecule has 0 amide bonds. The van der Waals surface area contributed by atoms with Gasteiger partial charge in [-0.25, -0.2) is 9.97 Å². The minimum Gasteiger partial charge on any atom is -0.466 e. The third-order valence-electron chi connectivity index (χ3n) is 2.40. The number of hydrogen-bond acceptors (Lipinski definition) is 13. The largest absolute Gasteiger partial charge is 1.00 e. The molecule has 0 unspecified atom stereocenters. The number of nitrogens with zero attached hydrogens (tertiary/aromatic N) is 3. The molecule has 0 atom stereocenters. The monoisotopic (exact) mass is 541 g/mol. The van der Waals surface area contributed by atoms with Crippen LogP contribution in [0.2, 0.25) is 0 Å². The van der Waals surface area contributed by atoms with Crippen LogP contribution in [0.4, 0.5) is 10.3 Å². The number of nitrogen functional groups attached to an aromatic ring is 2. The molecule has 29 heavy (non-hydrogen) atoms. The van der Waals surface area contributed by atoms with Crippen molar-refractivity contribution in [3.05, 3.63) is 37.5 Å². The van der Waals surface area contributed by atoms with Crippen molar-refractivity contribution in [2.75, 3.05) is 24.7 Å². The maximum absolute atomic E-state index is 10.9. The van der Waals surface area contributed by atoms with Crippen LogP contribution in [0.25, 0.3) is 0 Å². The molecule has 2 aromatic rings. The Morgan fingerprint density at radius 2 is 1.28 bits per heavy atom. The van der Waals surface area contributed by atoms with Crippen molar-refractivity contribution in [3.8, 4) is 0 Å². The molecule has 15 heteroatoms. The van der Waals surface area contributed by atoms with E-state index in [4.69, 9.17) is 36.3 Å². The van der Waals surface area contributed by atoms with E-state index < -0.39 is 5.09 Å². The number of ether oxygens (including phenoxy) is 2. The van der Waals surface area contributed by atoms with E-state index >= 15 is 0 Å². The maximum Gasteiger partial charge on any atom is 1.00 e. The minimum atomic E-state index is -1.75. The van der Waals surface area contributed by atoms with Crippen molar-refractivity contribution in [1.82, 2.24) is 9.97 Å². The van der Waals surface area contributed by atoms with Crippen LogP contribution in [0.3, 0.4) is 0 Å². The Hall–Kier alpha value is -2.26. The first-order chi connectivity index (χ1) is 13.2. The van der Waals surface area contributed by atoms with Gasteiger partial charge >= 0.3 is 34.3 Å². The molecule has 12 nitrogen and oxygen atoms in total. The second kappa shape index (κ2) is 16.7. The average Bonchev–Trinajstić information content (AvgIpc) is 3.16. The predicted octanol–water partition coefficient (Wildman–Crippen LogP) is 1.42. The van der Waals surface area contributed by atoms with Crippen molar-refractivity contribution in [1.29, 1.82) is 0 Å². The van der Waals surface area contributed by atoms with E-state index in [1.54, 1.807) is 24.6 Å². The third kappa shape index (κ3) is 16.4. The molecule has 166 valence electrons. The topological polar surface area (TPSA) is 197 Å². The van der Waals surface area contributed by atoms with Gasteiger partial charge in [-0.15, -0.1) is 22.7 Å². The number of rotatable bonds is 6. The molecular formula is C14H20AgN5O7S2. The summed E-state index contributed by atoms with van der Waals surface area (Å²) in [5.74, 6) is -0.523. The van der Waals surface area contributed by atoms with E-state index in [0.717, 1.165) is 0 Å². The summed E-state index contributed by atoms with van der Waals surface area (Å²) in [5.41, 5.74) is 12.1. The van der Waals surface area contributed by atoms with Gasteiger partial charge in [0.15, 0.2) is 10.3 Å². The van der Waals surface area contributed by atoms with E-state index in [2.05, 4.69) is 9.97 Å². The van der Waals surface area contributed by atoms with E-state index in [9.17, 15) is 9.59 Å². The Balaban J connectivity index is 0. The fourth-order valence-corrected chi connectivity index (χ4v) is 2.65. The van der Waals surface area contributed by atoms with Gasteiger partial charge in [-0.05, 0) is 13.8 Å². The SMILES string of the molecule is CCOC(=O)Cc1csc(N)n1.CCOC(=O)Cc1csc(N)n1.O=[N+]([O-])[O-].[Ag+]. The molecule has 4 N–H and O–H groups in total. The zero-order valence-corrected chi connectivity index (χ0v) is 18.6. The number of nitrogens with two attached hydrogens (primary N) is 2. The minimum absolute atomic E-state index is 0. The molecule has 0 fully saturated rings. The molecule has 2 aromatic heterocycles. The molecule has 0 aromatic carbocycles. The Morgan fingerprint density at radius 1 is 0.966 bits per heavy atom. The van der Waals surface area contributed by atoms with Crippen LogP contribution in [0.5, 0.6) is 0 Å². The Bertz CT molecular complexity index is 696. The van der Waals surface area contributed by atoms with Crippen LogP contribution in [-0.4, -0.2) is 40.2 Å². The zero-order chi connectivity index (χ0) is 21.5. The molecule has 0 saturated carbocycles. The van der Waals surface area contributed by atoms with Crippen LogP contribution in [0.1, 0.15) is 25.2 Å². The van der Waals surface area contributed by atoms with Crippen LogP contribution in [-0.2, 0) is 54.3 Å². The van der Waals surface area contributed by atoms with E-state index in [1.165, 1.54) is 22.7 Å². The number of thiazole rings is 2. The number of carbonyl (C=O) groups excluding carboxylic acids is 2. The van der Waals surface area contributed by atoms with Crippen LogP contribution < -0.4 is 11.5 Å². The number of anilines is 2. The molecule has 0 spiro atoms. The van der Waals surface area contributed by atoms with Gasteiger partial charge in [0, 0.05) is 10.8 Å². The van der Waals surface area contributed by atoms with Gasteiger partial charge in [0.25, 0.3) is 0 Å². The molecule has 0 aliphatic carbocycles. The van der Waals surface area contributed by atoms with Crippen molar-refractivity contribution in [2.45, 2.75) is 26.7 Å². The Kier molecular flexibility index (Phi) is 16.6. The number of carbonyl (C=O) groups is 2. The first kappa shape index (κ1) is 28.9. The molecule has 2 heterocycles. The number of esters is 2. The molecular weight excluding hydrogens is 522 g/mol. The normalized spacial score (nSPS) is 8.90. The second-order valence-electron chi connectivity index (χ2n) is 4.54. The predicted molar refractivity (Wildman–Crippen MR) is 104 cm³/mol. The van der Waals surface area contributed by atoms with Gasteiger partial charge < -0.3 is 36.3 Å². The quantitative estimate of drug-likeness (QED) is 0.232. The van der Waals surface area contributed by atoms with Gasteiger partial charge in [-0.2, -0.15) is 0 Å². The van der Waals surface area contributed by atoms with Crippen LogP contribution >= 0.6 is 22.7 Å². The first-order valence-electron chi connectivity index (χ1n) is 7.70. The fraction of sp³-hybridized carbons (Fsp3) is 0.429. The summed E-state index contributed by atoms with van der Waals surface area (Å²) in [6.45, 7) is 4.34.